The van der Waals surface area contributed by atoms with E-state index in [0.29, 0.717) is 0 Å². The second-order valence-corrected chi connectivity index (χ2v) is 6.65. The molecule has 1 rings (SSSR count). The first-order valence-corrected chi connectivity index (χ1v) is 8.52. The Morgan fingerprint density at radius 3 is 2.53 bits per heavy atom. The van der Waals surface area contributed by atoms with Crippen molar-refractivity contribution in [1.29, 1.82) is 0 Å². The molecule has 1 aromatic heterocycles. The van der Waals surface area contributed by atoms with Crippen molar-refractivity contribution in [3.05, 3.63) is 22.4 Å². The highest BCUT2D eigenvalue weighted by molar-refractivity contribution is 7.09. The standard InChI is InChI=1S/C16H30N2S/c1-5-15(6-2)18(13-14(3)4)10-9-17-12-16-8-7-11-19-16/h7-8,11,14-15,17H,5-6,9-10,12-13H2,1-4H3. The van der Waals surface area contributed by atoms with Crippen molar-refractivity contribution in [3.63, 3.8) is 0 Å². The van der Waals surface area contributed by atoms with E-state index in [1.807, 2.05) is 11.3 Å². The van der Waals surface area contributed by atoms with Crippen LogP contribution in [0, 0.1) is 5.92 Å². The van der Waals surface area contributed by atoms with Crippen LogP contribution in [0.15, 0.2) is 17.5 Å². The number of thiophene rings is 1. The Kier molecular flexibility index (Phi) is 8.35. The fraction of sp³-hybridized carbons (Fsp3) is 0.750. The third kappa shape index (κ3) is 6.55. The van der Waals surface area contributed by atoms with Gasteiger partial charge in [0, 0.05) is 37.1 Å². The predicted molar refractivity (Wildman–Crippen MR) is 86.8 cm³/mol. The lowest BCUT2D eigenvalue weighted by Gasteiger charge is -2.32. The number of nitrogens with one attached hydrogen (secondary N) is 1. The van der Waals surface area contributed by atoms with Gasteiger partial charge in [-0.3, -0.25) is 4.90 Å². The molecule has 0 atom stereocenters. The summed E-state index contributed by atoms with van der Waals surface area (Å²) in [6.45, 7) is 13.7. The van der Waals surface area contributed by atoms with Gasteiger partial charge < -0.3 is 5.32 Å². The van der Waals surface area contributed by atoms with Crippen LogP contribution in [0.5, 0.6) is 0 Å². The highest BCUT2D eigenvalue weighted by atomic mass is 32.1. The van der Waals surface area contributed by atoms with E-state index in [9.17, 15) is 0 Å². The molecule has 0 bridgehead atoms. The van der Waals surface area contributed by atoms with Crippen molar-refractivity contribution >= 4 is 11.3 Å². The monoisotopic (exact) mass is 282 g/mol. The molecule has 0 aliphatic rings. The summed E-state index contributed by atoms with van der Waals surface area (Å²) in [5, 5.41) is 5.71. The van der Waals surface area contributed by atoms with Crippen LogP contribution in [0.2, 0.25) is 0 Å². The summed E-state index contributed by atoms with van der Waals surface area (Å²) >= 11 is 1.83. The summed E-state index contributed by atoms with van der Waals surface area (Å²) in [6.07, 6.45) is 2.52. The van der Waals surface area contributed by atoms with Crippen LogP contribution in [0.1, 0.15) is 45.4 Å². The predicted octanol–water partition coefficient (Wildman–Crippen LogP) is 3.98. The van der Waals surface area contributed by atoms with E-state index < -0.39 is 0 Å². The second kappa shape index (κ2) is 9.51. The van der Waals surface area contributed by atoms with Gasteiger partial charge in [0.1, 0.15) is 0 Å². The average molecular weight is 282 g/mol. The molecule has 0 radical (unpaired) electrons. The zero-order valence-electron chi connectivity index (χ0n) is 13.0. The van der Waals surface area contributed by atoms with Crippen molar-refractivity contribution in [2.75, 3.05) is 19.6 Å². The number of rotatable bonds is 10. The molecule has 1 N–H and O–H groups in total. The highest BCUT2D eigenvalue weighted by Crippen LogP contribution is 2.11. The van der Waals surface area contributed by atoms with Crippen molar-refractivity contribution < 1.29 is 0 Å². The summed E-state index contributed by atoms with van der Waals surface area (Å²) in [6, 6.07) is 5.06. The van der Waals surface area contributed by atoms with E-state index in [4.69, 9.17) is 0 Å². The van der Waals surface area contributed by atoms with E-state index in [2.05, 4.69) is 55.4 Å². The SMILES string of the molecule is CCC(CC)N(CCNCc1cccs1)CC(C)C. The van der Waals surface area contributed by atoms with Gasteiger partial charge in [-0.1, -0.05) is 33.8 Å². The van der Waals surface area contributed by atoms with Gasteiger partial charge in [-0.05, 0) is 30.2 Å². The van der Waals surface area contributed by atoms with Crippen LogP contribution < -0.4 is 5.32 Å². The smallest absolute Gasteiger partial charge is 0.0300 e. The van der Waals surface area contributed by atoms with E-state index in [0.717, 1.165) is 31.6 Å². The van der Waals surface area contributed by atoms with Gasteiger partial charge in [0.15, 0.2) is 0 Å². The molecule has 3 heteroatoms. The largest absolute Gasteiger partial charge is 0.311 e. The minimum Gasteiger partial charge on any atom is -0.311 e. The van der Waals surface area contributed by atoms with Crippen LogP contribution >= 0.6 is 11.3 Å². The molecular formula is C16H30N2S. The molecular weight excluding hydrogens is 252 g/mol. The van der Waals surface area contributed by atoms with Crippen LogP contribution in [-0.2, 0) is 6.54 Å². The Morgan fingerprint density at radius 2 is 2.00 bits per heavy atom. The zero-order valence-corrected chi connectivity index (χ0v) is 13.8. The van der Waals surface area contributed by atoms with Gasteiger partial charge in [-0.2, -0.15) is 0 Å². The molecule has 1 heterocycles. The summed E-state index contributed by atoms with van der Waals surface area (Å²) in [5.74, 6) is 0.748. The first-order valence-electron chi connectivity index (χ1n) is 7.64. The maximum absolute atomic E-state index is 3.56. The van der Waals surface area contributed by atoms with Gasteiger partial charge in [0.25, 0.3) is 0 Å². The Balaban J connectivity index is 2.31. The summed E-state index contributed by atoms with van der Waals surface area (Å²) in [4.78, 5) is 4.09. The topological polar surface area (TPSA) is 15.3 Å². The molecule has 0 aliphatic carbocycles. The van der Waals surface area contributed by atoms with Gasteiger partial charge >= 0.3 is 0 Å². The summed E-state index contributed by atoms with van der Waals surface area (Å²) in [7, 11) is 0. The van der Waals surface area contributed by atoms with Crippen LogP contribution in [-0.4, -0.2) is 30.6 Å². The highest BCUT2D eigenvalue weighted by Gasteiger charge is 2.15. The van der Waals surface area contributed by atoms with Crippen molar-refractivity contribution in [2.24, 2.45) is 5.92 Å². The molecule has 0 spiro atoms. The third-order valence-corrected chi connectivity index (χ3v) is 4.39. The fourth-order valence-corrected chi connectivity index (χ4v) is 3.22. The third-order valence-electron chi connectivity index (χ3n) is 3.51. The van der Waals surface area contributed by atoms with Crippen molar-refractivity contribution in [3.8, 4) is 0 Å². The molecule has 19 heavy (non-hydrogen) atoms. The first kappa shape index (κ1) is 16.7. The molecule has 1 aromatic rings. The van der Waals surface area contributed by atoms with Crippen LogP contribution in [0.3, 0.4) is 0 Å². The Bertz CT molecular complexity index is 305. The molecule has 0 saturated carbocycles. The molecule has 0 saturated heterocycles. The lowest BCUT2D eigenvalue weighted by atomic mass is 10.1. The molecule has 0 aromatic carbocycles. The zero-order chi connectivity index (χ0) is 14.1. The van der Waals surface area contributed by atoms with Gasteiger partial charge in [-0.25, -0.2) is 0 Å². The maximum Gasteiger partial charge on any atom is 0.0300 e. The van der Waals surface area contributed by atoms with Crippen LogP contribution in [0.4, 0.5) is 0 Å². The number of hydrogen-bond donors (Lipinski definition) is 1. The number of nitrogens with zero attached hydrogens (tertiary/aromatic N) is 1. The molecule has 0 aliphatic heterocycles. The van der Waals surface area contributed by atoms with Crippen molar-refractivity contribution in [2.45, 2.75) is 53.1 Å². The van der Waals surface area contributed by atoms with Gasteiger partial charge in [0.05, 0.1) is 0 Å². The average Bonchev–Trinajstić information content (AvgIpc) is 2.88. The van der Waals surface area contributed by atoms with E-state index in [-0.39, 0.29) is 0 Å². The second-order valence-electron chi connectivity index (χ2n) is 5.62. The Morgan fingerprint density at radius 1 is 1.26 bits per heavy atom. The molecule has 0 fully saturated rings. The fourth-order valence-electron chi connectivity index (χ4n) is 2.54. The summed E-state index contributed by atoms with van der Waals surface area (Å²) < 4.78 is 0. The molecule has 2 nitrogen and oxygen atoms in total. The van der Waals surface area contributed by atoms with Gasteiger partial charge in [0.2, 0.25) is 0 Å². The normalized spacial score (nSPS) is 11.9. The van der Waals surface area contributed by atoms with Gasteiger partial charge in [-0.15, -0.1) is 11.3 Å². The number of hydrogen-bond acceptors (Lipinski definition) is 3. The van der Waals surface area contributed by atoms with E-state index in [1.54, 1.807) is 0 Å². The first-order chi connectivity index (χ1) is 9.17. The minimum atomic E-state index is 0.742. The Labute approximate surface area is 123 Å². The quantitative estimate of drug-likeness (QED) is 0.653. The maximum atomic E-state index is 3.56. The molecule has 110 valence electrons. The molecule has 0 unspecified atom stereocenters. The lowest BCUT2D eigenvalue weighted by Crippen LogP contribution is -2.41. The van der Waals surface area contributed by atoms with Crippen molar-refractivity contribution in [1.82, 2.24) is 10.2 Å². The molecule has 0 amide bonds. The van der Waals surface area contributed by atoms with E-state index >= 15 is 0 Å². The Hall–Kier alpha value is -0.380. The summed E-state index contributed by atoms with van der Waals surface area (Å²) in [5.41, 5.74) is 0. The lowest BCUT2D eigenvalue weighted by molar-refractivity contribution is 0.166. The van der Waals surface area contributed by atoms with E-state index in [1.165, 1.54) is 24.3 Å². The van der Waals surface area contributed by atoms with Crippen LogP contribution in [0.25, 0.3) is 0 Å². The minimum absolute atomic E-state index is 0.742.